The first-order valence-corrected chi connectivity index (χ1v) is 11.0. The summed E-state index contributed by atoms with van der Waals surface area (Å²) in [5, 5.41) is 15.9. The Morgan fingerprint density at radius 2 is 1.89 bits per heavy atom. The summed E-state index contributed by atoms with van der Waals surface area (Å²) in [5.41, 5.74) is 0.182. The lowest BCUT2D eigenvalue weighted by atomic mass is 9.93. The number of carbonyl (C=O) groups excluding carboxylic acids is 2. The molecule has 36 heavy (non-hydrogen) atoms. The average Bonchev–Trinajstić information content (AvgIpc) is 3.50. The number of methoxy groups -OCH3 is 1. The summed E-state index contributed by atoms with van der Waals surface area (Å²) in [6.45, 7) is 1.65. The highest BCUT2D eigenvalue weighted by molar-refractivity contribution is 6.50. The Balaban J connectivity index is 1.59. The quantitative estimate of drug-likeness (QED) is 0.323. The lowest BCUT2D eigenvalue weighted by molar-refractivity contribution is 0.0579. The number of ketones is 1. The standard InChI is InChI=1S/C27H20FN3O5/c1-15-11-22(31-36-15)25(32)21-9-10-27(34,30-21)23-20(26(33)35-2)8-5-18-13-17(14-29-24(18)23)12-16-3-6-19(28)7-4-16/h3-11,13-14,34H,12H2,1-2H3. The summed E-state index contributed by atoms with van der Waals surface area (Å²) in [4.78, 5) is 34.2. The van der Waals surface area contributed by atoms with Crippen molar-refractivity contribution in [2.75, 3.05) is 7.11 Å². The van der Waals surface area contributed by atoms with Crippen molar-refractivity contribution in [3.05, 3.63) is 106 Å². The van der Waals surface area contributed by atoms with Crippen molar-refractivity contribution in [1.29, 1.82) is 0 Å². The van der Waals surface area contributed by atoms with Crippen LogP contribution in [0.1, 0.15) is 43.3 Å². The molecule has 4 aromatic rings. The monoisotopic (exact) mass is 485 g/mol. The van der Waals surface area contributed by atoms with Gasteiger partial charge in [0.2, 0.25) is 11.5 Å². The van der Waals surface area contributed by atoms with Gasteiger partial charge in [0.05, 0.1) is 23.8 Å². The Hall–Kier alpha value is -4.50. The first-order valence-electron chi connectivity index (χ1n) is 11.0. The second-order valence-corrected chi connectivity index (χ2v) is 8.41. The smallest absolute Gasteiger partial charge is 0.338 e. The summed E-state index contributed by atoms with van der Waals surface area (Å²) in [7, 11) is 1.23. The number of ether oxygens (including phenoxy) is 1. The van der Waals surface area contributed by atoms with Crippen LogP contribution in [0.4, 0.5) is 4.39 Å². The summed E-state index contributed by atoms with van der Waals surface area (Å²) in [6, 6.07) is 12.7. The SMILES string of the molecule is COC(=O)c1ccc2cc(Cc3ccc(F)cc3)cnc2c1C1(O)C=CC(C(=O)c2cc(C)on2)=N1. The molecule has 0 saturated carbocycles. The number of pyridine rings is 1. The number of fused-ring (bicyclic) bond motifs is 1. The summed E-state index contributed by atoms with van der Waals surface area (Å²) >= 11 is 0. The van der Waals surface area contributed by atoms with E-state index < -0.39 is 17.5 Å². The number of rotatable bonds is 6. The number of allylic oxidation sites excluding steroid dienone is 1. The molecular weight excluding hydrogens is 465 g/mol. The van der Waals surface area contributed by atoms with Gasteiger partial charge in [0, 0.05) is 17.6 Å². The van der Waals surface area contributed by atoms with Crippen LogP contribution in [0.5, 0.6) is 0 Å². The van der Waals surface area contributed by atoms with Crippen LogP contribution in [0.2, 0.25) is 0 Å². The molecule has 180 valence electrons. The summed E-state index contributed by atoms with van der Waals surface area (Å²) < 4.78 is 23.1. The van der Waals surface area contributed by atoms with E-state index in [0.717, 1.165) is 11.1 Å². The molecule has 8 nitrogen and oxygen atoms in total. The van der Waals surface area contributed by atoms with Gasteiger partial charge in [0.25, 0.3) is 0 Å². The maximum Gasteiger partial charge on any atom is 0.338 e. The minimum Gasteiger partial charge on any atom is -0.465 e. The highest BCUT2D eigenvalue weighted by Gasteiger charge is 2.38. The maximum atomic E-state index is 13.3. The van der Waals surface area contributed by atoms with Crippen molar-refractivity contribution >= 4 is 28.4 Å². The highest BCUT2D eigenvalue weighted by atomic mass is 19.1. The predicted octanol–water partition coefficient (Wildman–Crippen LogP) is 4.09. The van der Waals surface area contributed by atoms with Crippen LogP contribution in [-0.2, 0) is 16.9 Å². The number of aromatic nitrogens is 2. The van der Waals surface area contributed by atoms with E-state index in [4.69, 9.17) is 9.26 Å². The van der Waals surface area contributed by atoms with Gasteiger partial charge in [-0.05, 0) is 60.9 Å². The molecule has 5 rings (SSSR count). The first-order chi connectivity index (χ1) is 17.3. The molecule has 1 atom stereocenters. The zero-order valence-corrected chi connectivity index (χ0v) is 19.4. The number of aryl methyl sites for hydroxylation is 1. The van der Waals surface area contributed by atoms with Crippen LogP contribution >= 0.6 is 0 Å². The predicted molar refractivity (Wildman–Crippen MR) is 128 cm³/mol. The van der Waals surface area contributed by atoms with E-state index in [-0.39, 0.29) is 28.3 Å². The van der Waals surface area contributed by atoms with E-state index >= 15 is 0 Å². The van der Waals surface area contributed by atoms with Crippen LogP contribution in [0, 0.1) is 12.7 Å². The fourth-order valence-electron chi connectivity index (χ4n) is 4.16. The number of aliphatic imine (C=N–C) groups is 1. The van der Waals surface area contributed by atoms with Crippen molar-refractivity contribution in [2.45, 2.75) is 19.1 Å². The number of Topliss-reactive ketones (excluding diaryl/α,β-unsaturated/α-hetero) is 1. The molecule has 1 N–H and O–H groups in total. The van der Waals surface area contributed by atoms with Gasteiger partial charge in [0.15, 0.2) is 5.69 Å². The molecular formula is C27H20FN3O5. The molecule has 2 aromatic carbocycles. The van der Waals surface area contributed by atoms with Crippen molar-refractivity contribution < 1.29 is 28.3 Å². The molecule has 0 fully saturated rings. The first kappa shape index (κ1) is 23.3. The molecule has 3 heterocycles. The molecule has 0 aliphatic carbocycles. The Bertz CT molecular complexity index is 1570. The zero-order chi connectivity index (χ0) is 25.4. The van der Waals surface area contributed by atoms with E-state index in [9.17, 15) is 19.1 Å². The number of hydrogen-bond acceptors (Lipinski definition) is 8. The van der Waals surface area contributed by atoms with Crippen LogP contribution in [0.15, 0.2) is 76.4 Å². The number of nitrogens with zero attached hydrogens (tertiary/aromatic N) is 3. The minimum absolute atomic E-state index is 0.0495. The highest BCUT2D eigenvalue weighted by Crippen LogP contribution is 2.37. The molecule has 0 spiro atoms. The number of esters is 1. The topological polar surface area (TPSA) is 115 Å². The molecule has 0 amide bonds. The summed E-state index contributed by atoms with van der Waals surface area (Å²) in [5.74, 6) is -1.08. The molecule has 9 heteroatoms. The lowest BCUT2D eigenvalue weighted by Gasteiger charge is -2.22. The van der Waals surface area contributed by atoms with E-state index in [1.54, 1.807) is 31.3 Å². The fourth-order valence-corrected chi connectivity index (χ4v) is 4.16. The number of carbonyl (C=O) groups is 2. The Morgan fingerprint density at radius 1 is 1.11 bits per heavy atom. The van der Waals surface area contributed by atoms with Gasteiger partial charge in [-0.3, -0.25) is 9.78 Å². The third-order valence-corrected chi connectivity index (χ3v) is 5.86. The van der Waals surface area contributed by atoms with Crippen LogP contribution in [-0.4, -0.2) is 39.8 Å². The van der Waals surface area contributed by atoms with Crippen molar-refractivity contribution in [3.63, 3.8) is 0 Å². The number of halogens is 1. The molecule has 0 radical (unpaired) electrons. The molecule has 1 aliphatic heterocycles. The second kappa shape index (κ2) is 8.94. The van der Waals surface area contributed by atoms with Crippen LogP contribution < -0.4 is 0 Å². The van der Waals surface area contributed by atoms with E-state index in [2.05, 4.69) is 15.1 Å². The third-order valence-electron chi connectivity index (χ3n) is 5.86. The number of hydrogen-bond donors (Lipinski definition) is 1. The molecule has 0 saturated heterocycles. The second-order valence-electron chi connectivity index (χ2n) is 8.41. The Labute approximate surface area is 204 Å². The van der Waals surface area contributed by atoms with E-state index in [1.807, 2.05) is 6.07 Å². The Morgan fingerprint density at radius 3 is 2.58 bits per heavy atom. The van der Waals surface area contributed by atoms with Gasteiger partial charge in [-0.2, -0.15) is 0 Å². The van der Waals surface area contributed by atoms with Crippen LogP contribution in [0.25, 0.3) is 10.9 Å². The Kier molecular flexibility index (Phi) is 5.77. The normalized spacial score (nSPS) is 16.8. The van der Waals surface area contributed by atoms with Gasteiger partial charge in [-0.1, -0.05) is 23.4 Å². The van der Waals surface area contributed by atoms with Gasteiger partial charge in [-0.15, -0.1) is 0 Å². The molecule has 1 aliphatic rings. The van der Waals surface area contributed by atoms with Crippen LogP contribution in [0.3, 0.4) is 0 Å². The molecule has 1 unspecified atom stereocenters. The summed E-state index contributed by atoms with van der Waals surface area (Å²) in [6.07, 6.45) is 4.82. The van der Waals surface area contributed by atoms with Gasteiger partial charge >= 0.3 is 5.97 Å². The molecule has 0 bridgehead atoms. The largest absolute Gasteiger partial charge is 0.465 e. The fraction of sp³-hybridized carbons (Fsp3) is 0.148. The van der Waals surface area contributed by atoms with Gasteiger partial charge < -0.3 is 14.4 Å². The van der Waals surface area contributed by atoms with Crippen molar-refractivity contribution in [3.8, 4) is 0 Å². The third kappa shape index (κ3) is 4.20. The van der Waals surface area contributed by atoms with E-state index in [0.29, 0.717) is 23.1 Å². The van der Waals surface area contributed by atoms with E-state index in [1.165, 1.54) is 43.5 Å². The maximum absolute atomic E-state index is 13.3. The number of aliphatic hydroxyl groups is 1. The number of benzene rings is 2. The lowest BCUT2D eigenvalue weighted by Crippen LogP contribution is -2.24. The van der Waals surface area contributed by atoms with Crippen molar-refractivity contribution in [2.24, 2.45) is 4.99 Å². The van der Waals surface area contributed by atoms with Crippen molar-refractivity contribution in [1.82, 2.24) is 10.1 Å². The zero-order valence-electron chi connectivity index (χ0n) is 19.4. The van der Waals surface area contributed by atoms with Gasteiger partial charge in [0.1, 0.15) is 17.3 Å². The van der Waals surface area contributed by atoms with Gasteiger partial charge in [-0.25, -0.2) is 14.2 Å². The average molecular weight is 485 g/mol. The molecule has 2 aromatic heterocycles. The minimum atomic E-state index is -2.04.